The van der Waals surface area contributed by atoms with Crippen molar-refractivity contribution in [3.8, 4) is 0 Å². The molecule has 0 aromatic carbocycles. The fourth-order valence-corrected chi connectivity index (χ4v) is 2.48. The van der Waals surface area contributed by atoms with E-state index in [1.165, 1.54) is 25.7 Å². The molecule has 1 aliphatic carbocycles. The number of hydrogen-bond acceptors (Lipinski definition) is 2. The van der Waals surface area contributed by atoms with Crippen LogP contribution in [-0.4, -0.2) is 15.6 Å². The van der Waals surface area contributed by atoms with Gasteiger partial charge in [-0.3, -0.25) is 0 Å². The Kier molecular flexibility index (Phi) is 2.96. The van der Waals surface area contributed by atoms with Crippen molar-refractivity contribution >= 4 is 5.95 Å². The van der Waals surface area contributed by atoms with Crippen LogP contribution in [-0.2, 0) is 7.05 Å². The minimum atomic E-state index is 0.537. The van der Waals surface area contributed by atoms with E-state index < -0.39 is 0 Å². The zero-order valence-corrected chi connectivity index (χ0v) is 10.9. The summed E-state index contributed by atoms with van der Waals surface area (Å²) in [5.74, 6) is 1.02. The summed E-state index contributed by atoms with van der Waals surface area (Å²) < 4.78 is 2.08. The lowest BCUT2D eigenvalue weighted by molar-refractivity contribution is 0.232. The van der Waals surface area contributed by atoms with Crippen molar-refractivity contribution in [2.75, 3.05) is 5.32 Å². The molecular weight excluding hydrogens is 198 g/mol. The summed E-state index contributed by atoms with van der Waals surface area (Å²) in [6, 6.07) is 0.605. The Hall–Kier alpha value is -0.990. The molecule has 0 atom stereocenters. The molecule has 1 fully saturated rings. The number of imidazole rings is 1. The molecule has 90 valence electrons. The Morgan fingerprint density at radius 1 is 1.38 bits per heavy atom. The molecule has 0 spiro atoms. The third-order valence-corrected chi connectivity index (χ3v) is 3.67. The fourth-order valence-electron chi connectivity index (χ4n) is 2.48. The number of hydrogen-bond donors (Lipinski definition) is 1. The van der Waals surface area contributed by atoms with E-state index in [2.05, 4.69) is 42.0 Å². The van der Waals surface area contributed by atoms with E-state index in [-0.39, 0.29) is 0 Å². The first-order valence-corrected chi connectivity index (χ1v) is 6.23. The van der Waals surface area contributed by atoms with Crippen LogP contribution < -0.4 is 5.32 Å². The van der Waals surface area contributed by atoms with Crippen LogP contribution >= 0.6 is 0 Å². The van der Waals surface area contributed by atoms with Gasteiger partial charge in [0, 0.05) is 19.3 Å². The van der Waals surface area contributed by atoms with Crippen LogP contribution in [0, 0.1) is 12.3 Å². The number of aromatic nitrogens is 2. The molecule has 3 heteroatoms. The molecule has 2 rings (SSSR count). The zero-order chi connectivity index (χ0) is 11.8. The van der Waals surface area contributed by atoms with Gasteiger partial charge < -0.3 is 9.88 Å². The Balaban J connectivity index is 1.94. The maximum Gasteiger partial charge on any atom is 0.202 e. The molecule has 16 heavy (non-hydrogen) atoms. The third kappa shape index (κ3) is 2.57. The monoisotopic (exact) mass is 221 g/mol. The number of nitrogens with one attached hydrogen (secondary N) is 1. The lowest BCUT2D eigenvalue weighted by atomic mass is 9.76. The summed E-state index contributed by atoms with van der Waals surface area (Å²) in [6.45, 7) is 6.78. The van der Waals surface area contributed by atoms with Crippen LogP contribution in [0.4, 0.5) is 5.95 Å². The van der Waals surface area contributed by atoms with E-state index in [1.807, 2.05) is 6.92 Å². The van der Waals surface area contributed by atoms with Crippen molar-refractivity contribution in [3.63, 3.8) is 0 Å². The standard InChI is InChI=1S/C13H23N3/c1-10-9-16(4)12(14-10)15-11-5-7-13(2,3)8-6-11/h9,11H,5-8H2,1-4H3,(H,14,15). The van der Waals surface area contributed by atoms with Gasteiger partial charge in [0.15, 0.2) is 0 Å². The Morgan fingerprint density at radius 3 is 2.50 bits per heavy atom. The van der Waals surface area contributed by atoms with Crippen molar-refractivity contribution in [1.29, 1.82) is 0 Å². The SMILES string of the molecule is Cc1cn(C)c(NC2CCC(C)(C)CC2)n1. The van der Waals surface area contributed by atoms with Gasteiger partial charge in [0.2, 0.25) is 5.95 Å². The summed E-state index contributed by atoms with van der Waals surface area (Å²) in [4.78, 5) is 4.49. The van der Waals surface area contributed by atoms with Gasteiger partial charge in [-0.15, -0.1) is 0 Å². The molecule has 0 amide bonds. The van der Waals surface area contributed by atoms with E-state index >= 15 is 0 Å². The molecular formula is C13H23N3. The molecule has 1 aliphatic rings. The van der Waals surface area contributed by atoms with Crippen LogP contribution in [0.25, 0.3) is 0 Å². The minimum Gasteiger partial charge on any atom is -0.353 e. The molecule has 1 heterocycles. The summed E-state index contributed by atoms with van der Waals surface area (Å²) in [6.07, 6.45) is 7.22. The average Bonchev–Trinajstić information content (AvgIpc) is 2.49. The first kappa shape index (κ1) is 11.5. The molecule has 1 aromatic rings. The molecule has 0 saturated heterocycles. The predicted octanol–water partition coefficient (Wildman–Crippen LogP) is 3.11. The van der Waals surface area contributed by atoms with E-state index in [4.69, 9.17) is 0 Å². The van der Waals surface area contributed by atoms with Crippen LogP contribution in [0.3, 0.4) is 0 Å². The minimum absolute atomic E-state index is 0.537. The lowest BCUT2D eigenvalue weighted by Crippen LogP contribution is -2.30. The van der Waals surface area contributed by atoms with E-state index in [0.717, 1.165) is 11.6 Å². The van der Waals surface area contributed by atoms with Gasteiger partial charge in [-0.1, -0.05) is 13.8 Å². The van der Waals surface area contributed by atoms with Crippen molar-refractivity contribution < 1.29 is 0 Å². The van der Waals surface area contributed by atoms with Gasteiger partial charge in [0.25, 0.3) is 0 Å². The molecule has 0 aliphatic heterocycles. The van der Waals surface area contributed by atoms with Gasteiger partial charge >= 0.3 is 0 Å². The number of anilines is 1. The molecule has 0 radical (unpaired) electrons. The van der Waals surface area contributed by atoms with Crippen LogP contribution in [0.1, 0.15) is 45.2 Å². The predicted molar refractivity (Wildman–Crippen MR) is 67.6 cm³/mol. The normalized spacial score (nSPS) is 21.0. The van der Waals surface area contributed by atoms with Gasteiger partial charge in [-0.25, -0.2) is 4.98 Å². The van der Waals surface area contributed by atoms with Gasteiger partial charge in [-0.2, -0.15) is 0 Å². The second-order valence-corrected chi connectivity index (χ2v) is 5.90. The highest BCUT2D eigenvalue weighted by Crippen LogP contribution is 2.35. The van der Waals surface area contributed by atoms with E-state index in [1.54, 1.807) is 0 Å². The Morgan fingerprint density at radius 2 is 2.00 bits per heavy atom. The highest BCUT2D eigenvalue weighted by molar-refractivity contribution is 5.29. The second-order valence-electron chi connectivity index (χ2n) is 5.90. The zero-order valence-electron chi connectivity index (χ0n) is 10.9. The van der Waals surface area contributed by atoms with Crippen LogP contribution in [0.2, 0.25) is 0 Å². The third-order valence-electron chi connectivity index (χ3n) is 3.67. The smallest absolute Gasteiger partial charge is 0.202 e. The fraction of sp³-hybridized carbons (Fsp3) is 0.769. The van der Waals surface area contributed by atoms with E-state index in [0.29, 0.717) is 11.5 Å². The summed E-state index contributed by atoms with van der Waals surface area (Å²) in [7, 11) is 2.05. The van der Waals surface area contributed by atoms with Crippen LogP contribution in [0.15, 0.2) is 6.20 Å². The number of rotatable bonds is 2. The second kappa shape index (κ2) is 4.11. The number of nitrogens with zero attached hydrogens (tertiary/aromatic N) is 2. The summed E-state index contributed by atoms with van der Waals surface area (Å²) in [5, 5.41) is 3.56. The number of aryl methyl sites for hydroxylation is 2. The first-order chi connectivity index (χ1) is 7.46. The maximum atomic E-state index is 4.49. The molecule has 3 nitrogen and oxygen atoms in total. The van der Waals surface area contributed by atoms with Gasteiger partial charge in [0.05, 0.1) is 5.69 Å². The van der Waals surface area contributed by atoms with Crippen molar-refractivity contribution in [2.45, 2.75) is 52.5 Å². The summed E-state index contributed by atoms with van der Waals surface area (Å²) >= 11 is 0. The highest BCUT2D eigenvalue weighted by atomic mass is 15.2. The van der Waals surface area contributed by atoms with Crippen molar-refractivity contribution in [1.82, 2.24) is 9.55 Å². The largest absolute Gasteiger partial charge is 0.353 e. The Labute approximate surface area is 98.3 Å². The van der Waals surface area contributed by atoms with Crippen molar-refractivity contribution in [3.05, 3.63) is 11.9 Å². The topological polar surface area (TPSA) is 29.9 Å². The molecule has 0 unspecified atom stereocenters. The summed E-state index contributed by atoms with van der Waals surface area (Å²) in [5.41, 5.74) is 1.62. The molecule has 0 bridgehead atoms. The van der Waals surface area contributed by atoms with Crippen LogP contribution in [0.5, 0.6) is 0 Å². The molecule has 1 saturated carbocycles. The molecule has 1 N–H and O–H groups in total. The van der Waals surface area contributed by atoms with E-state index in [9.17, 15) is 0 Å². The highest BCUT2D eigenvalue weighted by Gasteiger charge is 2.27. The van der Waals surface area contributed by atoms with Gasteiger partial charge in [0.1, 0.15) is 0 Å². The molecule has 1 aromatic heterocycles. The quantitative estimate of drug-likeness (QED) is 0.831. The Bertz CT molecular complexity index is 355. The van der Waals surface area contributed by atoms with Crippen molar-refractivity contribution in [2.24, 2.45) is 12.5 Å². The maximum absolute atomic E-state index is 4.49. The first-order valence-electron chi connectivity index (χ1n) is 6.23. The average molecular weight is 221 g/mol. The lowest BCUT2D eigenvalue weighted by Gasteiger charge is -2.34. The van der Waals surface area contributed by atoms with Gasteiger partial charge in [-0.05, 0) is 38.0 Å².